The Morgan fingerprint density at radius 1 is 1.03 bits per heavy atom. The van der Waals surface area contributed by atoms with Crippen LogP contribution in [0.2, 0.25) is 0 Å². The zero-order valence-electron chi connectivity index (χ0n) is 17.4. The van der Waals surface area contributed by atoms with Gasteiger partial charge >= 0.3 is 0 Å². The molecule has 164 valence electrons. The van der Waals surface area contributed by atoms with Crippen LogP contribution in [0.15, 0.2) is 70.8 Å². The zero-order valence-corrected chi connectivity index (χ0v) is 18.2. The van der Waals surface area contributed by atoms with Gasteiger partial charge in [-0.3, -0.25) is 9.59 Å². The number of hydrazone groups is 1. The van der Waals surface area contributed by atoms with Crippen LogP contribution in [0, 0.1) is 0 Å². The Morgan fingerprint density at radius 2 is 1.72 bits per heavy atom. The van der Waals surface area contributed by atoms with Crippen LogP contribution >= 0.6 is 11.3 Å². The summed E-state index contributed by atoms with van der Waals surface area (Å²) in [4.78, 5) is 26.1. The molecule has 0 radical (unpaired) electrons. The van der Waals surface area contributed by atoms with Crippen LogP contribution in [0.1, 0.15) is 20.8 Å². The molecule has 0 spiro atoms. The third-order valence-corrected chi connectivity index (χ3v) is 5.06. The summed E-state index contributed by atoms with van der Waals surface area (Å²) in [6.07, 6.45) is 2.94. The van der Waals surface area contributed by atoms with Gasteiger partial charge in [0.25, 0.3) is 11.8 Å². The summed E-state index contributed by atoms with van der Waals surface area (Å²) in [5.41, 5.74) is 3.38. The quantitative estimate of drug-likeness (QED) is 0.276. The molecule has 0 fully saturated rings. The summed E-state index contributed by atoms with van der Waals surface area (Å²) in [7, 11) is 2.82. The van der Waals surface area contributed by atoms with E-state index in [0.29, 0.717) is 11.1 Å². The number of hydrogen-bond acceptors (Lipinski definition) is 7. The number of rotatable bonds is 8. The number of hydrogen-bond donors (Lipinski definition) is 3. The van der Waals surface area contributed by atoms with Gasteiger partial charge in [-0.1, -0.05) is 24.3 Å². The van der Waals surface area contributed by atoms with E-state index in [4.69, 9.17) is 9.47 Å². The van der Waals surface area contributed by atoms with Crippen LogP contribution in [0.5, 0.6) is 17.2 Å². The number of carbonyl (C=O) groups excluding carboxylic acids is 2. The predicted molar refractivity (Wildman–Crippen MR) is 123 cm³/mol. The lowest BCUT2D eigenvalue weighted by Crippen LogP contribution is -2.32. The molecule has 0 saturated heterocycles. The summed E-state index contributed by atoms with van der Waals surface area (Å²) < 4.78 is 10.2. The Kier molecular flexibility index (Phi) is 7.60. The Balaban J connectivity index is 1.78. The van der Waals surface area contributed by atoms with Crippen LogP contribution in [0.25, 0.3) is 6.08 Å². The number of methoxy groups -OCH3 is 2. The molecule has 0 aliphatic carbocycles. The first-order valence-corrected chi connectivity index (χ1v) is 10.3. The third kappa shape index (κ3) is 5.73. The average Bonchev–Trinajstić information content (AvgIpc) is 3.33. The molecule has 3 N–H and O–H groups in total. The summed E-state index contributed by atoms with van der Waals surface area (Å²) >= 11 is 1.42. The third-order valence-electron chi connectivity index (χ3n) is 4.24. The predicted octanol–water partition coefficient (Wildman–Crippen LogP) is 3.39. The molecular formula is C23H21N3O5S. The van der Waals surface area contributed by atoms with Gasteiger partial charge in [0, 0.05) is 16.0 Å². The van der Waals surface area contributed by atoms with Gasteiger partial charge in [0.15, 0.2) is 11.5 Å². The Labute approximate surface area is 188 Å². The van der Waals surface area contributed by atoms with E-state index in [0.717, 1.165) is 4.88 Å². The van der Waals surface area contributed by atoms with Crippen LogP contribution < -0.4 is 20.2 Å². The Morgan fingerprint density at radius 3 is 2.31 bits per heavy atom. The molecule has 0 atom stereocenters. The minimum atomic E-state index is -0.600. The van der Waals surface area contributed by atoms with Crippen molar-refractivity contribution in [2.75, 3.05) is 14.2 Å². The first-order valence-electron chi connectivity index (χ1n) is 9.41. The molecule has 3 rings (SSSR count). The second-order valence-corrected chi connectivity index (χ2v) is 7.35. The lowest BCUT2D eigenvalue weighted by Gasteiger charge is -2.10. The average molecular weight is 452 g/mol. The number of thiophene rings is 1. The van der Waals surface area contributed by atoms with Gasteiger partial charge in [-0.05, 0) is 41.8 Å². The molecule has 9 heteroatoms. The lowest BCUT2D eigenvalue weighted by molar-refractivity contribution is -0.117. The Bertz CT molecular complexity index is 1120. The number of carbonyl (C=O) groups is 2. The fourth-order valence-corrected chi connectivity index (χ4v) is 3.33. The number of phenolic OH excluding ortho intramolecular Hbond substituents is 1. The van der Waals surface area contributed by atoms with E-state index in [1.807, 2.05) is 17.5 Å². The summed E-state index contributed by atoms with van der Waals surface area (Å²) in [6.45, 7) is 0. The maximum Gasteiger partial charge on any atom is 0.287 e. The number of benzene rings is 2. The molecule has 0 bridgehead atoms. The van der Waals surface area contributed by atoms with Crippen molar-refractivity contribution in [3.63, 3.8) is 0 Å². The van der Waals surface area contributed by atoms with Crippen molar-refractivity contribution in [2.24, 2.45) is 5.10 Å². The van der Waals surface area contributed by atoms with Crippen LogP contribution in [-0.4, -0.2) is 37.4 Å². The maximum atomic E-state index is 12.7. The van der Waals surface area contributed by atoms with Crippen molar-refractivity contribution in [3.05, 3.63) is 81.7 Å². The molecule has 0 aliphatic rings. The Hall–Kier alpha value is -4.11. The smallest absolute Gasteiger partial charge is 0.287 e. The topological polar surface area (TPSA) is 109 Å². The van der Waals surface area contributed by atoms with E-state index in [1.165, 1.54) is 43.9 Å². The minimum Gasteiger partial charge on any atom is -0.502 e. The zero-order chi connectivity index (χ0) is 22.9. The number of ether oxygens (including phenoxy) is 2. The van der Waals surface area contributed by atoms with Gasteiger partial charge in [-0.15, -0.1) is 11.3 Å². The fourth-order valence-electron chi connectivity index (χ4n) is 2.67. The van der Waals surface area contributed by atoms with Gasteiger partial charge in [0.1, 0.15) is 5.70 Å². The second-order valence-electron chi connectivity index (χ2n) is 6.37. The van der Waals surface area contributed by atoms with Crippen LogP contribution in [0.4, 0.5) is 0 Å². The molecule has 8 nitrogen and oxygen atoms in total. The van der Waals surface area contributed by atoms with Gasteiger partial charge in [0.05, 0.1) is 20.4 Å². The summed E-state index contributed by atoms with van der Waals surface area (Å²) in [6, 6.07) is 15.3. The van der Waals surface area contributed by atoms with Crippen molar-refractivity contribution in [1.29, 1.82) is 0 Å². The van der Waals surface area contributed by atoms with Gasteiger partial charge in [-0.2, -0.15) is 5.10 Å². The highest BCUT2D eigenvalue weighted by Crippen LogP contribution is 2.36. The lowest BCUT2D eigenvalue weighted by atomic mass is 10.2. The first kappa shape index (κ1) is 22.6. The highest BCUT2D eigenvalue weighted by Gasteiger charge is 2.15. The highest BCUT2D eigenvalue weighted by atomic mass is 32.1. The number of nitrogens with one attached hydrogen (secondary N) is 2. The maximum absolute atomic E-state index is 12.7. The fraction of sp³-hybridized carbons (Fsp3) is 0.0870. The second kappa shape index (κ2) is 10.8. The highest BCUT2D eigenvalue weighted by molar-refractivity contribution is 7.10. The number of amides is 2. The normalized spacial score (nSPS) is 11.2. The summed E-state index contributed by atoms with van der Waals surface area (Å²) in [5, 5.41) is 18.4. The van der Waals surface area contributed by atoms with Crippen molar-refractivity contribution in [3.8, 4) is 17.2 Å². The molecule has 2 aromatic carbocycles. The SMILES string of the molecule is COc1cc(C=NNC(=O)C(=Cc2cccs2)NC(=O)c2ccccc2)cc(OC)c1O. The van der Waals surface area contributed by atoms with Crippen molar-refractivity contribution in [2.45, 2.75) is 0 Å². The van der Waals surface area contributed by atoms with E-state index in [2.05, 4.69) is 15.8 Å². The number of phenols is 1. The molecule has 1 heterocycles. The molecule has 32 heavy (non-hydrogen) atoms. The van der Waals surface area contributed by atoms with E-state index in [9.17, 15) is 14.7 Å². The number of nitrogens with zero attached hydrogens (tertiary/aromatic N) is 1. The van der Waals surface area contributed by atoms with Crippen LogP contribution in [0.3, 0.4) is 0 Å². The molecule has 0 unspecified atom stereocenters. The molecular weight excluding hydrogens is 430 g/mol. The number of aromatic hydroxyl groups is 1. The molecule has 2 amide bonds. The van der Waals surface area contributed by atoms with Gasteiger partial charge in [-0.25, -0.2) is 5.43 Å². The van der Waals surface area contributed by atoms with E-state index in [-0.39, 0.29) is 22.9 Å². The summed E-state index contributed by atoms with van der Waals surface area (Å²) in [5.74, 6) is -0.755. The minimum absolute atomic E-state index is 0.0410. The van der Waals surface area contributed by atoms with E-state index >= 15 is 0 Å². The van der Waals surface area contributed by atoms with Crippen molar-refractivity contribution in [1.82, 2.24) is 10.7 Å². The van der Waals surface area contributed by atoms with Gasteiger partial charge in [0.2, 0.25) is 5.75 Å². The van der Waals surface area contributed by atoms with Gasteiger partial charge < -0.3 is 19.9 Å². The standard InChI is InChI=1S/C23H21N3O5S/c1-30-19-11-15(12-20(31-2)21(19)27)14-24-26-23(29)18(13-17-9-6-10-32-17)25-22(28)16-7-4-3-5-8-16/h3-14,27H,1-2H3,(H,25,28)(H,26,29). The van der Waals surface area contributed by atoms with E-state index in [1.54, 1.807) is 36.4 Å². The molecule has 0 saturated carbocycles. The largest absolute Gasteiger partial charge is 0.502 e. The van der Waals surface area contributed by atoms with Crippen molar-refractivity contribution >= 4 is 35.4 Å². The molecule has 3 aromatic rings. The molecule has 0 aliphatic heterocycles. The molecule has 1 aromatic heterocycles. The first-order chi connectivity index (χ1) is 15.5. The van der Waals surface area contributed by atoms with Crippen LogP contribution in [-0.2, 0) is 4.79 Å². The van der Waals surface area contributed by atoms with Crippen molar-refractivity contribution < 1.29 is 24.2 Å². The monoisotopic (exact) mass is 451 g/mol. The van der Waals surface area contributed by atoms with E-state index < -0.39 is 11.8 Å².